The Labute approximate surface area is 104 Å². The zero-order valence-electron chi connectivity index (χ0n) is 10.1. The van der Waals surface area contributed by atoms with Crippen molar-refractivity contribution in [2.24, 2.45) is 0 Å². The van der Waals surface area contributed by atoms with Gasteiger partial charge in [-0.05, 0) is 18.1 Å². The van der Waals surface area contributed by atoms with Crippen LogP contribution in [0.1, 0.15) is 21.7 Å². The monoisotopic (exact) mass is 247 g/mol. The van der Waals surface area contributed by atoms with Crippen LogP contribution in [0.4, 0.5) is 0 Å². The summed E-state index contributed by atoms with van der Waals surface area (Å²) in [4.78, 5) is 11.8. The van der Waals surface area contributed by atoms with Crippen LogP contribution in [-0.2, 0) is 6.54 Å². The van der Waals surface area contributed by atoms with E-state index in [-0.39, 0.29) is 11.6 Å². The summed E-state index contributed by atoms with van der Waals surface area (Å²) in [6.45, 7) is 2.02. The number of para-hydroxylation sites is 1. The van der Waals surface area contributed by atoms with Crippen molar-refractivity contribution in [2.75, 3.05) is 7.11 Å². The highest BCUT2D eigenvalue weighted by molar-refractivity contribution is 5.92. The van der Waals surface area contributed by atoms with Gasteiger partial charge in [-0.3, -0.25) is 4.79 Å². The van der Waals surface area contributed by atoms with Crippen LogP contribution in [0.5, 0.6) is 5.75 Å². The van der Waals surface area contributed by atoms with Crippen molar-refractivity contribution >= 4 is 5.91 Å². The summed E-state index contributed by atoms with van der Waals surface area (Å²) in [6.07, 6.45) is 0. The molecule has 18 heavy (non-hydrogen) atoms. The molecule has 0 bridgehead atoms. The maximum atomic E-state index is 11.8. The molecular weight excluding hydrogens is 234 g/mol. The third kappa shape index (κ3) is 2.48. The Hall–Kier alpha value is -2.37. The molecule has 0 atom stereocenters. The lowest BCUT2D eigenvalue weighted by molar-refractivity contribution is 0.0940. The molecule has 1 aromatic carbocycles. The number of rotatable bonds is 4. The molecule has 0 aliphatic heterocycles. The molecule has 1 heterocycles. The van der Waals surface area contributed by atoms with E-state index >= 15 is 0 Å². The second-order valence-corrected chi connectivity index (χ2v) is 3.69. The van der Waals surface area contributed by atoms with Crippen LogP contribution in [0, 0.1) is 6.92 Å². The zero-order valence-corrected chi connectivity index (χ0v) is 10.1. The minimum Gasteiger partial charge on any atom is -0.496 e. The SMILES string of the molecule is COc1ccccc1CNC(=O)c1nonc1C. The van der Waals surface area contributed by atoms with E-state index in [9.17, 15) is 4.79 Å². The Balaban J connectivity index is 2.04. The first-order chi connectivity index (χ1) is 8.72. The molecule has 0 saturated heterocycles. The van der Waals surface area contributed by atoms with E-state index < -0.39 is 0 Å². The molecule has 6 heteroatoms. The summed E-state index contributed by atoms with van der Waals surface area (Å²) in [5.74, 6) is 0.410. The van der Waals surface area contributed by atoms with E-state index in [4.69, 9.17) is 4.74 Å². The number of aryl methyl sites for hydroxylation is 1. The Morgan fingerprint density at radius 3 is 2.83 bits per heavy atom. The summed E-state index contributed by atoms with van der Waals surface area (Å²) in [5, 5.41) is 9.83. The van der Waals surface area contributed by atoms with Gasteiger partial charge in [0.25, 0.3) is 5.91 Å². The molecule has 6 nitrogen and oxygen atoms in total. The van der Waals surface area contributed by atoms with Gasteiger partial charge < -0.3 is 10.1 Å². The Morgan fingerprint density at radius 2 is 2.17 bits per heavy atom. The van der Waals surface area contributed by atoms with Crippen molar-refractivity contribution in [2.45, 2.75) is 13.5 Å². The highest BCUT2D eigenvalue weighted by Gasteiger charge is 2.14. The van der Waals surface area contributed by atoms with Gasteiger partial charge in [-0.25, -0.2) is 4.63 Å². The number of amides is 1. The summed E-state index contributed by atoms with van der Waals surface area (Å²) >= 11 is 0. The number of carbonyl (C=O) groups is 1. The summed E-state index contributed by atoms with van der Waals surface area (Å²) in [6, 6.07) is 7.47. The van der Waals surface area contributed by atoms with Crippen LogP contribution in [0.2, 0.25) is 0 Å². The normalized spacial score (nSPS) is 10.1. The summed E-state index contributed by atoms with van der Waals surface area (Å²) in [5.41, 5.74) is 1.56. The van der Waals surface area contributed by atoms with Gasteiger partial charge in [0.2, 0.25) is 0 Å². The van der Waals surface area contributed by atoms with E-state index in [0.29, 0.717) is 12.2 Å². The van der Waals surface area contributed by atoms with Gasteiger partial charge in [-0.15, -0.1) is 0 Å². The third-order valence-electron chi connectivity index (χ3n) is 2.50. The summed E-state index contributed by atoms with van der Waals surface area (Å²) in [7, 11) is 1.59. The van der Waals surface area contributed by atoms with Crippen LogP contribution in [0.15, 0.2) is 28.9 Å². The van der Waals surface area contributed by atoms with Crippen molar-refractivity contribution in [3.05, 3.63) is 41.2 Å². The lowest BCUT2D eigenvalue weighted by atomic mass is 10.2. The van der Waals surface area contributed by atoms with Gasteiger partial charge in [-0.1, -0.05) is 23.4 Å². The quantitative estimate of drug-likeness (QED) is 0.881. The van der Waals surface area contributed by atoms with E-state index in [1.54, 1.807) is 14.0 Å². The number of nitrogens with zero attached hydrogens (tertiary/aromatic N) is 2. The van der Waals surface area contributed by atoms with Crippen LogP contribution in [0.25, 0.3) is 0 Å². The molecule has 2 rings (SSSR count). The van der Waals surface area contributed by atoms with Crippen molar-refractivity contribution < 1.29 is 14.2 Å². The van der Waals surface area contributed by atoms with Crippen LogP contribution < -0.4 is 10.1 Å². The van der Waals surface area contributed by atoms with Gasteiger partial charge >= 0.3 is 0 Å². The fourth-order valence-corrected chi connectivity index (χ4v) is 1.55. The van der Waals surface area contributed by atoms with Crippen LogP contribution in [-0.4, -0.2) is 23.3 Å². The van der Waals surface area contributed by atoms with Gasteiger partial charge in [-0.2, -0.15) is 0 Å². The second kappa shape index (κ2) is 5.31. The number of benzene rings is 1. The minimum absolute atomic E-state index is 0.199. The van der Waals surface area contributed by atoms with Gasteiger partial charge in [0.1, 0.15) is 11.4 Å². The Morgan fingerprint density at radius 1 is 1.39 bits per heavy atom. The van der Waals surface area contributed by atoms with E-state index in [2.05, 4.69) is 20.3 Å². The minimum atomic E-state index is -0.320. The van der Waals surface area contributed by atoms with Crippen LogP contribution in [0.3, 0.4) is 0 Å². The lowest BCUT2D eigenvalue weighted by Crippen LogP contribution is -2.24. The van der Waals surface area contributed by atoms with Crippen molar-refractivity contribution in [1.82, 2.24) is 15.6 Å². The molecular formula is C12H13N3O3. The molecule has 1 N–H and O–H groups in total. The number of hydrogen-bond donors (Lipinski definition) is 1. The first-order valence-corrected chi connectivity index (χ1v) is 5.41. The number of hydrogen-bond acceptors (Lipinski definition) is 5. The van der Waals surface area contributed by atoms with Crippen molar-refractivity contribution in [3.8, 4) is 5.75 Å². The number of nitrogens with one attached hydrogen (secondary N) is 1. The van der Waals surface area contributed by atoms with E-state index in [1.807, 2.05) is 24.3 Å². The van der Waals surface area contributed by atoms with Crippen molar-refractivity contribution in [3.63, 3.8) is 0 Å². The fourth-order valence-electron chi connectivity index (χ4n) is 1.55. The summed E-state index contributed by atoms with van der Waals surface area (Å²) < 4.78 is 9.67. The molecule has 1 aromatic heterocycles. The molecule has 94 valence electrons. The molecule has 0 fully saturated rings. The van der Waals surface area contributed by atoms with Gasteiger partial charge in [0.05, 0.1) is 7.11 Å². The number of ether oxygens (including phenoxy) is 1. The zero-order chi connectivity index (χ0) is 13.0. The number of methoxy groups -OCH3 is 1. The van der Waals surface area contributed by atoms with Gasteiger partial charge in [0.15, 0.2) is 5.69 Å². The lowest BCUT2D eigenvalue weighted by Gasteiger charge is -2.08. The van der Waals surface area contributed by atoms with Gasteiger partial charge in [0, 0.05) is 12.1 Å². The average Bonchev–Trinajstić information content (AvgIpc) is 2.82. The highest BCUT2D eigenvalue weighted by atomic mass is 16.6. The Kier molecular flexibility index (Phi) is 3.57. The topological polar surface area (TPSA) is 77.2 Å². The van der Waals surface area contributed by atoms with Crippen molar-refractivity contribution in [1.29, 1.82) is 0 Å². The number of carbonyl (C=O) groups excluding carboxylic acids is 1. The van der Waals surface area contributed by atoms with E-state index in [0.717, 1.165) is 11.3 Å². The molecule has 0 spiro atoms. The van der Waals surface area contributed by atoms with E-state index in [1.165, 1.54) is 0 Å². The molecule has 0 aliphatic carbocycles. The fraction of sp³-hybridized carbons (Fsp3) is 0.250. The molecule has 2 aromatic rings. The smallest absolute Gasteiger partial charge is 0.275 e. The predicted octanol–water partition coefficient (Wildman–Crippen LogP) is 1.32. The molecule has 0 aliphatic rings. The standard InChI is InChI=1S/C12H13N3O3/c1-8-11(15-18-14-8)12(16)13-7-9-5-3-4-6-10(9)17-2/h3-6H,7H2,1-2H3,(H,13,16). The highest BCUT2D eigenvalue weighted by Crippen LogP contribution is 2.16. The maximum absolute atomic E-state index is 11.8. The molecule has 0 radical (unpaired) electrons. The van der Waals surface area contributed by atoms with Crippen LogP contribution >= 0.6 is 0 Å². The third-order valence-corrected chi connectivity index (χ3v) is 2.50. The second-order valence-electron chi connectivity index (χ2n) is 3.69. The molecule has 1 amide bonds. The molecule has 0 unspecified atom stereocenters. The Bertz CT molecular complexity index is 551. The molecule has 0 saturated carbocycles. The first kappa shape index (κ1) is 12.1. The largest absolute Gasteiger partial charge is 0.496 e. The first-order valence-electron chi connectivity index (χ1n) is 5.41. The number of aromatic nitrogens is 2. The predicted molar refractivity (Wildman–Crippen MR) is 63.2 cm³/mol. The average molecular weight is 247 g/mol. The maximum Gasteiger partial charge on any atom is 0.275 e.